The van der Waals surface area contributed by atoms with E-state index in [2.05, 4.69) is 0 Å². The number of hydrogen-bond donors (Lipinski definition) is 2. The van der Waals surface area contributed by atoms with Gasteiger partial charge in [-0.3, -0.25) is 0 Å². The largest absolute Gasteiger partial charge is 0.368 e. The van der Waals surface area contributed by atoms with Crippen molar-refractivity contribution in [2.24, 2.45) is 5.92 Å². The summed E-state index contributed by atoms with van der Waals surface area (Å²) in [6.45, 7) is 0.707. The number of aliphatic hydroxyl groups excluding tert-OH is 1. The molecule has 1 fully saturated rings. The summed E-state index contributed by atoms with van der Waals surface area (Å²) in [5.74, 6) is -0.344. The second-order valence-electron chi connectivity index (χ2n) is 3.44. The lowest BCUT2D eigenvalue weighted by molar-refractivity contribution is -0.0946. The van der Waals surface area contributed by atoms with Crippen molar-refractivity contribution >= 4 is 10.0 Å². The molecule has 6 heteroatoms. The zero-order chi connectivity index (χ0) is 10.1. The van der Waals surface area contributed by atoms with Crippen LogP contribution in [-0.2, 0) is 10.0 Å². The van der Waals surface area contributed by atoms with Crippen molar-refractivity contribution in [1.82, 2.24) is 4.31 Å². The third-order valence-corrected chi connectivity index (χ3v) is 3.58. The predicted molar refractivity (Wildman–Crippen MR) is 47.4 cm³/mol. The number of rotatable bonds is 2. The van der Waals surface area contributed by atoms with Gasteiger partial charge in [-0.2, -0.15) is 0 Å². The zero-order valence-corrected chi connectivity index (χ0v) is 8.37. The highest BCUT2D eigenvalue weighted by molar-refractivity contribution is 7.88. The molecular weight excluding hydrogens is 194 g/mol. The van der Waals surface area contributed by atoms with Crippen molar-refractivity contribution in [2.75, 3.05) is 19.3 Å². The molecule has 13 heavy (non-hydrogen) atoms. The minimum absolute atomic E-state index is 0.219. The van der Waals surface area contributed by atoms with Gasteiger partial charge >= 0.3 is 0 Å². The first kappa shape index (κ1) is 10.9. The van der Waals surface area contributed by atoms with Crippen LogP contribution in [0.15, 0.2) is 0 Å². The summed E-state index contributed by atoms with van der Waals surface area (Å²) in [6, 6.07) is 0. The highest BCUT2D eigenvalue weighted by Crippen LogP contribution is 2.20. The van der Waals surface area contributed by atoms with Crippen LogP contribution in [0.3, 0.4) is 0 Å². The Bertz CT molecular complexity index is 262. The summed E-state index contributed by atoms with van der Waals surface area (Å²) in [5.41, 5.74) is 0. The van der Waals surface area contributed by atoms with Gasteiger partial charge in [0.05, 0.1) is 6.26 Å². The van der Waals surface area contributed by atoms with Gasteiger partial charge in [-0.1, -0.05) is 0 Å². The molecule has 1 rings (SSSR count). The van der Waals surface area contributed by atoms with Gasteiger partial charge in [-0.25, -0.2) is 12.7 Å². The molecule has 78 valence electrons. The van der Waals surface area contributed by atoms with Crippen LogP contribution in [0.5, 0.6) is 0 Å². The fraction of sp³-hybridized carbons (Fsp3) is 1.00. The molecule has 0 aromatic carbocycles. The lowest BCUT2D eigenvalue weighted by Crippen LogP contribution is -2.42. The number of nitrogens with zero attached hydrogens (tertiary/aromatic N) is 1. The molecule has 0 aromatic heterocycles. The maximum Gasteiger partial charge on any atom is 0.211 e. The van der Waals surface area contributed by atoms with Crippen molar-refractivity contribution in [2.45, 2.75) is 19.1 Å². The molecule has 0 bridgehead atoms. The second kappa shape index (κ2) is 3.91. The monoisotopic (exact) mass is 209 g/mol. The smallest absolute Gasteiger partial charge is 0.211 e. The lowest BCUT2D eigenvalue weighted by Gasteiger charge is -2.31. The van der Waals surface area contributed by atoms with Crippen molar-refractivity contribution in [3.63, 3.8) is 0 Å². The lowest BCUT2D eigenvalue weighted by atomic mass is 9.99. The molecule has 0 spiro atoms. The Balaban J connectivity index is 2.62. The van der Waals surface area contributed by atoms with E-state index in [1.165, 1.54) is 4.31 Å². The Morgan fingerprint density at radius 1 is 1.46 bits per heavy atom. The van der Waals surface area contributed by atoms with Crippen LogP contribution in [0.4, 0.5) is 0 Å². The minimum atomic E-state index is -3.18. The summed E-state index contributed by atoms with van der Waals surface area (Å²) in [7, 11) is -3.18. The minimum Gasteiger partial charge on any atom is -0.368 e. The third-order valence-electron chi connectivity index (χ3n) is 2.31. The second-order valence-corrected chi connectivity index (χ2v) is 5.42. The Labute approximate surface area is 78.0 Å². The molecule has 1 saturated heterocycles. The molecule has 1 heterocycles. The third kappa shape index (κ3) is 2.91. The number of piperidine rings is 1. The predicted octanol–water partition coefficient (Wildman–Crippen LogP) is -1.03. The van der Waals surface area contributed by atoms with Gasteiger partial charge in [0.25, 0.3) is 0 Å². The van der Waals surface area contributed by atoms with Crippen LogP contribution in [-0.4, -0.2) is 48.6 Å². The van der Waals surface area contributed by atoms with Crippen LogP contribution in [0.25, 0.3) is 0 Å². The van der Waals surface area contributed by atoms with Gasteiger partial charge in [-0.05, 0) is 12.8 Å². The van der Waals surface area contributed by atoms with E-state index >= 15 is 0 Å². The standard InChI is InChI=1S/C7H15NO4S/c1-13(11,12)8-4-2-3-6(5-8)7(9)10/h6-7,9-10H,2-5H2,1H3/t6-/m0/s1. The van der Waals surface area contributed by atoms with E-state index in [0.29, 0.717) is 19.4 Å². The van der Waals surface area contributed by atoms with Crippen LogP contribution in [0.1, 0.15) is 12.8 Å². The number of hydrogen-bond acceptors (Lipinski definition) is 4. The highest BCUT2D eigenvalue weighted by atomic mass is 32.2. The summed E-state index contributed by atoms with van der Waals surface area (Å²) in [6.07, 6.45) is 1.09. The van der Waals surface area contributed by atoms with Crippen molar-refractivity contribution in [3.8, 4) is 0 Å². The first-order valence-corrected chi connectivity index (χ1v) is 6.07. The molecular formula is C7H15NO4S. The summed E-state index contributed by atoms with van der Waals surface area (Å²) in [5, 5.41) is 17.8. The zero-order valence-electron chi connectivity index (χ0n) is 7.55. The van der Waals surface area contributed by atoms with E-state index in [9.17, 15) is 8.42 Å². The molecule has 1 aliphatic rings. The normalized spacial score (nSPS) is 26.6. The van der Waals surface area contributed by atoms with Crippen LogP contribution < -0.4 is 0 Å². The van der Waals surface area contributed by atoms with E-state index in [1.54, 1.807) is 0 Å². The Morgan fingerprint density at radius 2 is 2.08 bits per heavy atom. The molecule has 0 aromatic rings. The first-order chi connectivity index (χ1) is 5.91. The molecule has 0 amide bonds. The van der Waals surface area contributed by atoms with Gasteiger partial charge in [0.2, 0.25) is 10.0 Å². The van der Waals surface area contributed by atoms with Crippen LogP contribution >= 0.6 is 0 Å². The number of sulfonamides is 1. The maximum absolute atomic E-state index is 11.1. The summed E-state index contributed by atoms with van der Waals surface area (Å²) >= 11 is 0. The van der Waals surface area contributed by atoms with Crippen LogP contribution in [0, 0.1) is 5.92 Å². The maximum atomic E-state index is 11.1. The van der Waals surface area contributed by atoms with Crippen LogP contribution in [0.2, 0.25) is 0 Å². The fourth-order valence-electron chi connectivity index (χ4n) is 1.52. The molecule has 2 N–H and O–H groups in total. The van der Waals surface area contributed by atoms with Gasteiger partial charge in [0.1, 0.15) is 0 Å². The van der Waals surface area contributed by atoms with Gasteiger partial charge in [-0.15, -0.1) is 0 Å². The Morgan fingerprint density at radius 3 is 2.54 bits per heavy atom. The molecule has 0 radical (unpaired) electrons. The molecule has 1 aliphatic heterocycles. The Hall–Kier alpha value is -0.170. The molecule has 5 nitrogen and oxygen atoms in total. The van der Waals surface area contributed by atoms with E-state index in [1.807, 2.05) is 0 Å². The highest BCUT2D eigenvalue weighted by Gasteiger charge is 2.28. The summed E-state index contributed by atoms with van der Waals surface area (Å²) in [4.78, 5) is 0. The molecule has 0 saturated carbocycles. The SMILES string of the molecule is CS(=O)(=O)N1CCC[C@H](C(O)O)C1. The van der Waals surface area contributed by atoms with Crippen molar-refractivity contribution < 1.29 is 18.6 Å². The topological polar surface area (TPSA) is 77.8 Å². The summed E-state index contributed by atoms with van der Waals surface area (Å²) < 4.78 is 23.5. The Kier molecular flexibility index (Phi) is 3.28. The fourth-order valence-corrected chi connectivity index (χ4v) is 2.44. The van der Waals surface area contributed by atoms with E-state index in [4.69, 9.17) is 10.2 Å². The molecule has 1 atom stereocenters. The van der Waals surface area contributed by atoms with E-state index in [-0.39, 0.29) is 12.5 Å². The van der Waals surface area contributed by atoms with E-state index < -0.39 is 16.3 Å². The average Bonchev–Trinajstić information content (AvgIpc) is 2.03. The molecule has 0 unspecified atom stereocenters. The first-order valence-electron chi connectivity index (χ1n) is 4.22. The van der Waals surface area contributed by atoms with Crippen molar-refractivity contribution in [1.29, 1.82) is 0 Å². The van der Waals surface area contributed by atoms with Crippen molar-refractivity contribution in [3.05, 3.63) is 0 Å². The van der Waals surface area contributed by atoms with Gasteiger partial charge < -0.3 is 10.2 Å². The van der Waals surface area contributed by atoms with Gasteiger partial charge in [0, 0.05) is 19.0 Å². The molecule has 0 aliphatic carbocycles. The quantitative estimate of drug-likeness (QED) is 0.570. The van der Waals surface area contributed by atoms with E-state index in [0.717, 1.165) is 6.26 Å². The number of aliphatic hydroxyl groups is 2. The average molecular weight is 209 g/mol. The van der Waals surface area contributed by atoms with Gasteiger partial charge in [0.15, 0.2) is 6.29 Å².